The molecule has 31 heavy (non-hydrogen) atoms. The highest BCUT2D eigenvalue weighted by Gasteiger charge is 2.33. The monoisotopic (exact) mass is 465 g/mol. The molecule has 1 aliphatic rings. The molecule has 0 radical (unpaired) electrons. The zero-order valence-corrected chi connectivity index (χ0v) is 18.4. The Balaban J connectivity index is 1.79. The summed E-state index contributed by atoms with van der Waals surface area (Å²) >= 11 is 0.888. The van der Waals surface area contributed by atoms with E-state index in [2.05, 4.69) is 9.36 Å². The highest BCUT2D eigenvalue weighted by molar-refractivity contribution is 7.93. The zero-order valence-electron chi connectivity index (χ0n) is 16.8. The number of aryl methyl sites for hydroxylation is 1. The molecular formula is C20H20FN3O5S2. The molecule has 0 amide bonds. The smallest absolute Gasteiger partial charge is 0.269 e. The summed E-state index contributed by atoms with van der Waals surface area (Å²) in [6, 6.07) is 7.40. The highest BCUT2D eigenvalue weighted by atomic mass is 32.2. The molecule has 11 heteroatoms. The topological polar surface area (TPSA) is 102 Å². The second-order valence-electron chi connectivity index (χ2n) is 7.00. The molecule has 1 aliphatic heterocycles. The van der Waals surface area contributed by atoms with Crippen LogP contribution in [0.3, 0.4) is 0 Å². The van der Waals surface area contributed by atoms with Crippen molar-refractivity contribution >= 4 is 26.7 Å². The number of rotatable bonds is 6. The predicted octanol–water partition coefficient (Wildman–Crippen LogP) is 3.21. The van der Waals surface area contributed by atoms with E-state index in [1.807, 2.05) is 6.92 Å². The summed E-state index contributed by atoms with van der Waals surface area (Å²) in [6.45, 7) is 1.97. The van der Waals surface area contributed by atoms with Gasteiger partial charge in [0.25, 0.3) is 10.0 Å². The molecular weight excluding hydrogens is 445 g/mol. The van der Waals surface area contributed by atoms with Crippen LogP contribution < -0.4 is 13.8 Å². The van der Waals surface area contributed by atoms with Crippen LogP contribution in [-0.2, 0) is 16.6 Å². The fourth-order valence-corrected chi connectivity index (χ4v) is 5.54. The number of aliphatic hydroxyl groups excluding tert-OH is 1. The Morgan fingerprint density at radius 1 is 1.35 bits per heavy atom. The van der Waals surface area contributed by atoms with E-state index in [1.54, 1.807) is 25.3 Å². The van der Waals surface area contributed by atoms with Gasteiger partial charge in [-0.05, 0) is 36.2 Å². The molecule has 3 aromatic rings. The molecule has 1 aromatic heterocycles. The Morgan fingerprint density at radius 3 is 2.84 bits per heavy atom. The van der Waals surface area contributed by atoms with Crippen molar-refractivity contribution in [2.45, 2.75) is 30.9 Å². The molecule has 2 heterocycles. The van der Waals surface area contributed by atoms with Crippen molar-refractivity contribution in [2.24, 2.45) is 0 Å². The SMILES string of the molecule is COc1ccc(CN(c2ncns2)S(=O)(=O)c2cc3c(cc2F)[C@H](O)CCO3)c(C)c1. The van der Waals surface area contributed by atoms with Gasteiger partial charge in [-0.2, -0.15) is 4.37 Å². The first-order chi connectivity index (χ1) is 14.8. The third kappa shape index (κ3) is 4.08. The number of aliphatic hydroxyl groups is 1. The molecule has 164 valence electrons. The van der Waals surface area contributed by atoms with Gasteiger partial charge in [-0.3, -0.25) is 0 Å². The van der Waals surface area contributed by atoms with Crippen LogP contribution >= 0.6 is 11.5 Å². The van der Waals surface area contributed by atoms with Crippen molar-refractivity contribution < 1.29 is 27.4 Å². The average molecular weight is 466 g/mol. The van der Waals surface area contributed by atoms with Gasteiger partial charge in [-0.1, -0.05) is 6.07 Å². The van der Waals surface area contributed by atoms with Gasteiger partial charge < -0.3 is 14.6 Å². The molecule has 0 saturated heterocycles. The van der Waals surface area contributed by atoms with Crippen LogP contribution in [0.15, 0.2) is 41.6 Å². The van der Waals surface area contributed by atoms with Crippen LogP contribution in [0.4, 0.5) is 9.52 Å². The number of fused-ring (bicyclic) bond motifs is 1. The molecule has 4 rings (SSSR count). The average Bonchev–Trinajstić information content (AvgIpc) is 3.27. The molecule has 0 saturated carbocycles. The quantitative estimate of drug-likeness (QED) is 0.596. The van der Waals surface area contributed by atoms with Crippen LogP contribution in [0.5, 0.6) is 11.5 Å². The van der Waals surface area contributed by atoms with Crippen molar-refractivity contribution in [1.29, 1.82) is 0 Å². The fourth-order valence-electron chi connectivity index (χ4n) is 3.35. The first-order valence-corrected chi connectivity index (χ1v) is 11.6. The van der Waals surface area contributed by atoms with E-state index in [9.17, 15) is 17.9 Å². The molecule has 8 nitrogen and oxygen atoms in total. The van der Waals surface area contributed by atoms with Gasteiger partial charge in [0.05, 0.1) is 26.4 Å². The molecule has 0 fully saturated rings. The van der Waals surface area contributed by atoms with E-state index >= 15 is 0 Å². The highest BCUT2D eigenvalue weighted by Crippen LogP contribution is 2.37. The second-order valence-corrected chi connectivity index (χ2v) is 9.59. The van der Waals surface area contributed by atoms with E-state index in [-0.39, 0.29) is 29.6 Å². The summed E-state index contributed by atoms with van der Waals surface area (Å²) in [5.41, 5.74) is 1.74. The maximum absolute atomic E-state index is 14.9. The van der Waals surface area contributed by atoms with Gasteiger partial charge in [-0.15, -0.1) is 0 Å². The lowest BCUT2D eigenvalue weighted by atomic mass is 10.0. The van der Waals surface area contributed by atoms with E-state index in [0.717, 1.165) is 33.5 Å². The number of hydrogen-bond acceptors (Lipinski definition) is 8. The number of ether oxygens (including phenoxy) is 2. The third-order valence-electron chi connectivity index (χ3n) is 5.07. The minimum Gasteiger partial charge on any atom is -0.497 e. The van der Waals surface area contributed by atoms with Crippen molar-refractivity contribution in [3.8, 4) is 11.5 Å². The minimum absolute atomic E-state index is 0.0760. The number of halogens is 1. The summed E-state index contributed by atoms with van der Waals surface area (Å²) in [7, 11) is -2.82. The third-order valence-corrected chi connectivity index (χ3v) is 7.62. The number of nitrogens with zero attached hydrogens (tertiary/aromatic N) is 3. The zero-order chi connectivity index (χ0) is 22.2. The van der Waals surface area contributed by atoms with Crippen LogP contribution in [0.1, 0.15) is 29.2 Å². The lowest BCUT2D eigenvalue weighted by molar-refractivity contribution is 0.114. The molecule has 0 unspecified atom stereocenters. The normalized spacial score (nSPS) is 15.8. The van der Waals surface area contributed by atoms with Gasteiger partial charge in [0.15, 0.2) is 0 Å². The van der Waals surface area contributed by atoms with Gasteiger partial charge in [0, 0.05) is 29.6 Å². The Hall–Kier alpha value is -2.76. The van der Waals surface area contributed by atoms with E-state index in [1.165, 1.54) is 6.33 Å². The van der Waals surface area contributed by atoms with E-state index in [0.29, 0.717) is 17.7 Å². The van der Waals surface area contributed by atoms with Crippen LogP contribution in [-0.4, -0.2) is 36.6 Å². The Bertz CT molecular complexity index is 1200. The Morgan fingerprint density at radius 2 is 2.16 bits per heavy atom. The minimum atomic E-state index is -4.36. The number of sulfonamides is 1. The van der Waals surface area contributed by atoms with Crippen LogP contribution in [0.2, 0.25) is 0 Å². The predicted molar refractivity (Wildman–Crippen MR) is 112 cm³/mol. The van der Waals surface area contributed by atoms with Crippen molar-refractivity contribution in [3.05, 3.63) is 59.2 Å². The van der Waals surface area contributed by atoms with Crippen molar-refractivity contribution in [3.63, 3.8) is 0 Å². The first kappa shape index (κ1) is 21.5. The number of hydrogen-bond donors (Lipinski definition) is 1. The molecule has 1 atom stereocenters. The second kappa shape index (κ2) is 8.40. The maximum atomic E-state index is 14.9. The Labute approximate surface area is 183 Å². The van der Waals surface area contributed by atoms with Gasteiger partial charge >= 0.3 is 0 Å². The Kier molecular flexibility index (Phi) is 5.82. The van der Waals surface area contributed by atoms with Crippen LogP contribution in [0, 0.1) is 12.7 Å². The standard InChI is InChI=1S/C20H20FN3O5S2/c1-12-7-14(28-2)4-3-13(12)10-24(20-22-11-23-30-20)31(26,27)19-9-18-15(8-16(19)21)17(25)5-6-29-18/h3-4,7-9,11,17,25H,5-6,10H2,1-2H3/t17-/m1/s1. The number of benzene rings is 2. The molecule has 0 spiro atoms. The first-order valence-electron chi connectivity index (χ1n) is 9.38. The molecule has 0 bridgehead atoms. The number of methoxy groups -OCH3 is 1. The van der Waals surface area contributed by atoms with Crippen molar-refractivity contribution in [1.82, 2.24) is 9.36 Å². The molecule has 0 aliphatic carbocycles. The number of anilines is 1. The largest absolute Gasteiger partial charge is 0.497 e. The lowest BCUT2D eigenvalue weighted by Crippen LogP contribution is -2.31. The summed E-state index contributed by atoms with van der Waals surface area (Å²) in [5.74, 6) is -0.177. The van der Waals surface area contributed by atoms with E-state index < -0.39 is 26.8 Å². The maximum Gasteiger partial charge on any atom is 0.269 e. The summed E-state index contributed by atoms with van der Waals surface area (Å²) in [5, 5.41) is 10.2. The van der Waals surface area contributed by atoms with Crippen molar-refractivity contribution in [2.75, 3.05) is 18.0 Å². The van der Waals surface area contributed by atoms with Gasteiger partial charge in [0.2, 0.25) is 5.13 Å². The number of aromatic nitrogens is 2. The van der Waals surface area contributed by atoms with Gasteiger partial charge in [-0.25, -0.2) is 22.1 Å². The molecule has 2 aromatic carbocycles. The summed E-state index contributed by atoms with van der Waals surface area (Å²) in [6.07, 6.45) is 0.648. The lowest BCUT2D eigenvalue weighted by Gasteiger charge is -2.26. The summed E-state index contributed by atoms with van der Waals surface area (Å²) < 4.78 is 57.6. The fraction of sp³-hybridized carbons (Fsp3) is 0.300. The summed E-state index contributed by atoms with van der Waals surface area (Å²) in [4.78, 5) is 3.48. The van der Waals surface area contributed by atoms with Crippen LogP contribution in [0.25, 0.3) is 0 Å². The van der Waals surface area contributed by atoms with Gasteiger partial charge in [0.1, 0.15) is 28.5 Å². The molecule has 1 N–H and O–H groups in total. The van der Waals surface area contributed by atoms with E-state index in [4.69, 9.17) is 9.47 Å².